The highest BCUT2D eigenvalue weighted by Crippen LogP contribution is 2.28. The molecule has 3 aromatic carbocycles. The number of carbonyl (C=O) groups is 2. The second-order valence-corrected chi connectivity index (χ2v) is 11.3. The van der Waals surface area contributed by atoms with E-state index in [4.69, 9.17) is 9.72 Å². The number of fused-ring (bicyclic) bond motifs is 1. The molecule has 6 nitrogen and oxygen atoms in total. The molecule has 0 aliphatic rings. The summed E-state index contributed by atoms with van der Waals surface area (Å²) in [5, 5.41) is 3.05. The lowest BCUT2D eigenvalue weighted by Crippen LogP contribution is -2.24. The number of hydrogen-bond donors (Lipinski definition) is 1. The van der Waals surface area contributed by atoms with Crippen molar-refractivity contribution in [3.63, 3.8) is 0 Å². The van der Waals surface area contributed by atoms with Gasteiger partial charge in [-0.1, -0.05) is 69.2 Å². The lowest BCUT2D eigenvalue weighted by Gasteiger charge is -2.20. The van der Waals surface area contributed by atoms with Gasteiger partial charge in [0.25, 0.3) is 0 Å². The molecule has 0 fully saturated rings. The second-order valence-electron chi connectivity index (χ2n) is 11.3. The van der Waals surface area contributed by atoms with Crippen molar-refractivity contribution in [2.45, 2.75) is 85.3 Å². The number of unbranched alkanes of at least 4 members (excludes halogenated alkanes) is 2. The van der Waals surface area contributed by atoms with Gasteiger partial charge in [-0.2, -0.15) is 0 Å². The van der Waals surface area contributed by atoms with Gasteiger partial charge in [-0.3, -0.25) is 4.79 Å². The summed E-state index contributed by atoms with van der Waals surface area (Å²) in [6.07, 6.45) is 5.44. The fraction of sp³-hybridized carbons (Fsp3) is 0.382. The molecule has 0 atom stereocenters. The summed E-state index contributed by atoms with van der Waals surface area (Å²) in [6, 6.07) is 21.9. The molecule has 1 aromatic heterocycles. The van der Waals surface area contributed by atoms with Crippen LogP contribution in [0.5, 0.6) is 0 Å². The highest BCUT2D eigenvalue weighted by molar-refractivity contribution is 5.97. The Morgan fingerprint density at radius 3 is 2.35 bits per heavy atom. The minimum atomic E-state index is -0.560. The number of anilines is 1. The van der Waals surface area contributed by atoms with E-state index in [1.54, 1.807) is 0 Å². The van der Waals surface area contributed by atoms with Crippen molar-refractivity contribution >= 4 is 28.6 Å². The molecule has 1 amide bonds. The molecule has 4 aromatic rings. The number of benzene rings is 3. The van der Waals surface area contributed by atoms with E-state index in [9.17, 15) is 9.59 Å². The number of aryl methyl sites for hydroxylation is 1. The van der Waals surface area contributed by atoms with Crippen molar-refractivity contribution in [2.75, 3.05) is 5.32 Å². The first-order valence-corrected chi connectivity index (χ1v) is 14.4. The third-order valence-corrected chi connectivity index (χ3v) is 6.77. The molecule has 40 heavy (non-hydrogen) atoms. The van der Waals surface area contributed by atoms with Gasteiger partial charge < -0.3 is 14.6 Å². The van der Waals surface area contributed by atoms with Crippen LogP contribution in [-0.2, 0) is 22.5 Å². The molecule has 0 aliphatic carbocycles. The smallest absolute Gasteiger partial charge is 0.339 e. The van der Waals surface area contributed by atoms with Crippen LogP contribution in [0.1, 0.15) is 88.5 Å². The summed E-state index contributed by atoms with van der Waals surface area (Å²) in [5.41, 5.74) is 5.68. The fourth-order valence-corrected chi connectivity index (χ4v) is 4.73. The van der Waals surface area contributed by atoms with E-state index in [-0.39, 0.29) is 11.9 Å². The van der Waals surface area contributed by atoms with Gasteiger partial charge >= 0.3 is 5.97 Å². The van der Waals surface area contributed by atoms with Gasteiger partial charge in [-0.05, 0) is 74.6 Å². The molecule has 0 aliphatic heterocycles. The van der Waals surface area contributed by atoms with Gasteiger partial charge in [0.1, 0.15) is 11.4 Å². The van der Waals surface area contributed by atoms with Crippen LogP contribution in [0.4, 0.5) is 5.69 Å². The van der Waals surface area contributed by atoms with Crippen LogP contribution in [-0.4, -0.2) is 27.0 Å². The van der Waals surface area contributed by atoms with Crippen molar-refractivity contribution in [1.29, 1.82) is 0 Å². The maximum atomic E-state index is 12.9. The van der Waals surface area contributed by atoms with Crippen molar-refractivity contribution in [3.05, 3.63) is 83.7 Å². The van der Waals surface area contributed by atoms with Gasteiger partial charge in [0.15, 0.2) is 0 Å². The van der Waals surface area contributed by atoms with Crippen molar-refractivity contribution in [3.8, 4) is 11.1 Å². The van der Waals surface area contributed by atoms with E-state index in [1.165, 1.54) is 0 Å². The Morgan fingerprint density at radius 2 is 1.65 bits per heavy atom. The highest BCUT2D eigenvalue weighted by atomic mass is 16.6. The van der Waals surface area contributed by atoms with E-state index < -0.39 is 5.60 Å². The Kier molecular flexibility index (Phi) is 9.41. The number of nitrogens with one attached hydrogen (secondary N) is 1. The molecule has 0 radical (unpaired) electrons. The third kappa shape index (κ3) is 7.38. The van der Waals surface area contributed by atoms with Gasteiger partial charge in [0.05, 0.1) is 16.6 Å². The molecular formula is C34H41N3O3. The largest absolute Gasteiger partial charge is 0.456 e. The normalized spacial score (nSPS) is 11.5. The van der Waals surface area contributed by atoms with Crippen LogP contribution in [0.25, 0.3) is 22.2 Å². The fourth-order valence-electron chi connectivity index (χ4n) is 4.73. The standard InChI is InChI=1S/C34H41N3O3/c1-6-8-14-31-36-29-21-20-26(35-32(38)15-9-7-2)22-30(29)37(31)23-24-16-18-25(19-17-24)27-12-10-11-13-28(27)33(39)40-34(3,4)5/h10-13,16-22H,6-9,14-15,23H2,1-5H3,(H,35,38). The topological polar surface area (TPSA) is 73.2 Å². The first-order valence-electron chi connectivity index (χ1n) is 14.4. The monoisotopic (exact) mass is 539 g/mol. The number of hydrogen-bond acceptors (Lipinski definition) is 4. The lowest BCUT2D eigenvalue weighted by molar-refractivity contribution is -0.116. The first-order chi connectivity index (χ1) is 19.2. The lowest BCUT2D eigenvalue weighted by atomic mass is 9.98. The Bertz CT molecular complexity index is 1460. The van der Waals surface area contributed by atoms with Crippen LogP contribution >= 0.6 is 0 Å². The Balaban J connectivity index is 1.62. The maximum absolute atomic E-state index is 12.9. The molecule has 6 heteroatoms. The zero-order valence-corrected chi connectivity index (χ0v) is 24.4. The molecule has 4 rings (SSSR count). The van der Waals surface area contributed by atoms with Gasteiger partial charge in [-0.25, -0.2) is 9.78 Å². The van der Waals surface area contributed by atoms with E-state index in [0.717, 1.165) is 71.3 Å². The van der Waals surface area contributed by atoms with Crippen molar-refractivity contribution in [2.24, 2.45) is 0 Å². The van der Waals surface area contributed by atoms with Gasteiger partial charge in [0.2, 0.25) is 5.91 Å². The SMILES string of the molecule is CCCCC(=O)Nc1ccc2nc(CCCC)n(Cc3ccc(-c4ccccc4C(=O)OC(C)(C)C)cc3)c2c1. The van der Waals surface area contributed by atoms with Crippen molar-refractivity contribution < 1.29 is 14.3 Å². The summed E-state index contributed by atoms with van der Waals surface area (Å²) >= 11 is 0. The van der Waals surface area contributed by atoms with Gasteiger partial charge in [-0.15, -0.1) is 0 Å². The average molecular weight is 540 g/mol. The van der Waals surface area contributed by atoms with E-state index in [1.807, 2.05) is 63.2 Å². The second kappa shape index (κ2) is 12.9. The number of nitrogens with zero attached hydrogens (tertiary/aromatic N) is 2. The van der Waals surface area contributed by atoms with E-state index >= 15 is 0 Å². The summed E-state index contributed by atoms with van der Waals surface area (Å²) in [7, 11) is 0. The number of ether oxygens (including phenoxy) is 1. The molecule has 0 bridgehead atoms. The molecule has 0 saturated heterocycles. The molecule has 1 heterocycles. The minimum absolute atomic E-state index is 0.0423. The Morgan fingerprint density at radius 1 is 0.925 bits per heavy atom. The van der Waals surface area contributed by atoms with Crippen LogP contribution in [0.15, 0.2) is 66.7 Å². The number of imidazole rings is 1. The number of carbonyl (C=O) groups excluding carboxylic acids is 2. The zero-order valence-electron chi connectivity index (χ0n) is 24.4. The highest BCUT2D eigenvalue weighted by Gasteiger charge is 2.21. The van der Waals surface area contributed by atoms with Gasteiger partial charge in [0, 0.05) is 25.1 Å². The summed E-state index contributed by atoms with van der Waals surface area (Å²) < 4.78 is 7.90. The predicted molar refractivity (Wildman–Crippen MR) is 163 cm³/mol. The van der Waals surface area contributed by atoms with Crippen LogP contribution in [0.2, 0.25) is 0 Å². The summed E-state index contributed by atoms with van der Waals surface area (Å²) in [4.78, 5) is 30.2. The molecule has 210 valence electrons. The molecule has 1 N–H and O–H groups in total. The number of esters is 1. The third-order valence-electron chi connectivity index (χ3n) is 6.77. The number of aromatic nitrogens is 2. The first kappa shape index (κ1) is 29.1. The van der Waals surface area contributed by atoms with Crippen LogP contribution in [0, 0.1) is 0 Å². The average Bonchev–Trinajstić information content (AvgIpc) is 3.26. The Hall–Kier alpha value is -3.93. The zero-order chi connectivity index (χ0) is 28.7. The molecule has 0 saturated carbocycles. The number of rotatable bonds is 11. The summed E-state index contributed by atoms with van der Waals surface area (Å²) in [5.74, 6) is 0.765. The maximum Gasteiger partial charge on any atom is 0.339 e. The van der Waals surface area contributed by atoms with E-state index in [2.05, 4.69) is 48.0 Å². The number of amides is 1. The minimum Gasteiger partial charge on any atom is -0.456 e. The predicted octanol–water partition coefficient (Wildman–Crippen LogP) is 8.18. The quantitative estimate of drug-likeness (QED) is 0.195. The molecule has 0 unspecified atom stereocenters. The van der Waals surface area contributed by atoms with Crippen LogP contribution in [0.3, 0.4) is 0 Å². The molecule has 0 spiro atoms. The van der Waals surface area contributed by atoms with E-state index in [0.29, 0.717) is 18.5 Å². The summed E-state index contributed by atoms with van der Waals surface area (Å²) in [6.45, 7) is 10.6. The Labute approximate surface area is 237 Å². The molecular weight excluding hydrogens is 498 g/mol. The van der Waals surface area contributed by atoms with Crippen LogP contribution < -0.4 is 5.32 Å². The van der Waals surface area contributed by atoms with Crippen molar-refractivity contribution in [1.82, 2.24) is 9.55 Å².